The van der Waals surface area contributed by atoms with Gasteiger partial charge >= 0.3 is 12.1 Å². The first-order valence-corrected chi connectivity index (χ1v) is 13.7. The molecule has 0 aliphatic rings. The van der Waals surface area contributed by atoms with Gasteiger partial charge in [0.05, 0.1) is 29.0 Å². The summed E-state index contributed by atoms with van der Waals surface area (Å²) in [5.41, 5.74) is 2.95. The zero-order valence-corrected chi connectivity index (χ0v) is 24.0. The van der Waals surface area contributed by atoms with Gasteiger partial charge in [0.15, 0.2) is 0 Å². The first-order valence-electron chi connectivity index (χ1n) is 13.7. The molecule has 4 N–H and O–H groups in total. The van der Waals surface area contributed by atoms with Crippen LogP contribution in [0.5, 0.6) is 11.5 Å². The summed E-state index contributed by atoms with van der Waals surface area (Å²) < 4.78 is 0. The predicted octanol–water partition coefficient (Wildman–Crippen LogP) is 7.51. The standard InChI is InChI=1S/C35H26N6O4/c1-23-9-5-7-13-28(23)38-34(44)40(30-17-15-24(21-36)19-32(30)42)41(31-18-16-25(22-37)20-33(31)43)35(45)39-29-14-8-6-12-27(29)26-10-3-2-4-11-26/h2-20,42-43H,1H3,(H,38,44)(H,39,45). The number of para-hydroxylation sites is 2. The molecule has 0 fully saturated rings. The summed E-state index contributed by atoms with van der Waals surface area (Å²) in [7, 11) is 0. The number of phenols is 2. The summed E-state index contributed by atoms with van der Waals surface area (Å²) in [5, 5.41) is 48.2. The molecular formula is C35H26N6O4. The molecule has 0 aromatic heterocycles. The van der Waals surface area contributed by atoms with E-state index in [1.165, 1.54) is 24.3 Å². The number of hydrogen-bond acceptors (Lipinski definition) is 6. The van der Waals surface area contributed by atoms with Crippen LogP contribution in [0, 0.1) is 29.6 Å². The Morgan fingerprint density at radius 2 is 1.09 bits per heavy atom. The molecule has 0 atom stereocenters. The van der Waals surface area contributed by atoms with E-state index < -0.39 is 23.6 Å². The number of aromatic hydroxyl groups is 2. The van der Waals surface area contributed by atoms with E-state index in [9.17, 15) is 30.3 Å². The lowest BCUT2D eigenvalue weighted by Crippen LogP contribution is -2.54. The number of anilines is 4. The van der Waals surface area contributed by atoms with Gasteiger partial charge in [-0.15, -0.1) is 0 Å². The van der Waals surface area contributed by atoms with Crippen LogP contribution < -0.4 is 20.7 Å². The molecule has 4 amide bonds. The van der Waals surface area contributed by atoms with Crippen LogP contribution in [0.2, 0.25) is 0 Å². The maximum atomic E-state index is 14.4. The molecule has 0 aliphatic carbocycles. The molecule has 5 rings (SSSR count). The first kappa shape index (κ1) is 29.7. The maximum Gasteiger partial charge on any atom is 0.346 e. The zero-order valence-electron chi connectivity index (χ0n) is 24.0. The summed E-state index contributed by atoms with van der Waals surface area (Å²) in [6.45, 7) is 1.79. The van der Waals surface area contributed by atoms with E-state index in [0.29, 0.717) is 16.9 Å². The van der Waals surface area contributed by atoms with Gasteiger partial charge in [-0.25, -0.2) is 9.59 Å². The first-order chi connectivity index (χ1) is 21.8. The lowest BCUT2D eigenvalue weighted by atomic mass is 10.0. The Morgan fingerprint density at radius 1 is 0.622 bits per heavy atom. The summed E-state index contributed by atoms with van der Waals surface area (Å²) in [6, 6.07) is 33.2. The van der Waals surface area contributed by atoms with Gasteiger partial charge < -0.3 is 20.8 Å². The average molecular weight is 595 g/mol. The van der Waals surface area contributed by atoms with Crippen molar-refractivity contribution in [1.82, 2.24) is 0 Å². The van der Waals surface area contributed by atoms with Gasteiger partial charge in [0, 0.05) is 11.3 Å². The molecule has 5 aromatic carbocycles. The number of hydrogen-bond donors (Lipinski definition) is 4. The molecule has 0 saturated heterocycles. The molecule has 0 radical (unpaired) electrons. The summed E-state index contributed by atoms with van der Waals surface area (Å²) in [4.78, 5) is 28.5. The van der Waals surface area contributed by atoms with Crippen molar-refractivity contribution in [2.75, 3.05) is 20.7 Å². The van der Waals surface area contributed by atoms with Crippen molar-refractivity contribution < 1.29 is 19.8 Å². The van der Waals surface area contributed by atoms with Crippen LogP contribution in [0.1, 0.15) is 16.7 Å². The van der Waals surface area contributed by atoms with Crippen LogP contribution in [0.25, 0.3) is 11.1 Å². The topological polar surface area (TPSA) is 153 Å². The van der Waals surface area contributed by atoms with Gasteiger partial charge in [0.1, 0.15) is 22.9 Å². The van der Waals surface area contributed by atoms with Gasteiger partial charge in [-0.1, -0.05) is 66.7 Å². The second-order valence-corrected chi connectivity index (χ2v) is 9.84. The molecular weight excluding hydrogens is 568 g/mol. The van der Waals surface area contributed by atoms with Crippen LogP contribution in [-0.2, 0) is 0 Å². The minimum atomic E-state index is -0.887. The second kappa shape index (κ2) is 13.0. The van der Waals surface area contributed by atoms with Gasteiger partial charge in [-0.3, -0.25) is 0 Å². The average Bonchev–Trinajstić information content (AvgIpc) is 3.05. The number of hydrazine groups is 1. The molecule has 0 bridgehead atoms. The Labute approximate surface area is 259 Å². The quantitative estimate of drug-likeness (QED) is 0.155. The molecule has 10 nitrogen and oxygen atoms in total. The number of amides is 4. The number of carbonyl (C=O) groups excluding carboxylic acids is 2. The molecule has 10 heteroatoms. The minimum Gasteiger partial charge on any atom is -0.506 e. The van der Waals surface area contributed by atoms with Crippen LogP contribution in [0.15, 0.2) is 115 Å². The third-order valence-corrected chi connectivity index (χ3v) is 6.89. The number of aryl methyl sites for hydroxylation is 1. The van der Waals surface area contributed by atoms with E-state index >= 15 is 0 Å². The molecule has 45 heavy (non-hydrogen) atoms. The van der Waals surface area contributed by atoms with Crippen LogP contribution in [0.4, 0.5) is 32.3 Å². The SMILES string of the molecule is Cc1ccccc1NC(=O)N(c1ccc(C#N)cc1O)N(C(=O)Nc1ccccc1-c1ccccc1)c1ccc(C#N)cc1O. The number of rotatable bonds is 5. The number of nitrogens with one attached hydrogen (secondary N) is 2. The number of urea groups is 2. The highest BCUT2D eigenvalue weighted by Gasteiger charge is 2.34. The van der Waals surface area contributed by atoms with Crippen molar-refractivity contribution in [2.45, 2.75) is 6.92 Å². The largest absolute Gasteiger partial charge is 0.506 e. The van der Waals surface area contributed by atoms with Crippen molar-refractivity contribution in [2.24, 2.45) is 0 Å². The summed E-state index contributed by atoms with van der Waals surface area (Å²) in [6.07, 6.45) is 0. The fourth-order valence-corrected chi connectivity index (χ4v) is 4.67. The molecule has 220 valence electrons. The van der Waals surface area contributed by atoms with Gasteiger partial charge in [0.2, 0.25) is 0 Å². The highest BCUT2D eigenvalue weighted by Crippen LogP contribution is 2.37. The van der Waals surface area contributed by atoms with Gasteiger partial charge in [-0.2, -0.15) is 20.5 Å². The number of carbonyl (C=O) groups is 2. The Hall–Kier alpha value is -6.78. The Balaban J connectivity index is 1.68. The Kier molecular flexibility index (Phi) is 8.60. The van der Waals surface area contributed by atoms with Crippen molar-refractivity contribution >= 4 is 34.8 Å². The third kappa shape index (κ3) is 6.36. The summed E-state index contributed by atoms with van der Waals surface area (Å²) >= 11 is 0. The highest BCUT2D eigenvalue weighted by molar-refractivity contribution is 6.14. The number of phenolic OH excluding ortho intramolecular Hbond substituents is 2. The Bertz CT molecular complexity index is 1980. The van der Waals surface area contributed by atoms with Gasteiger partial charge in [0.25, 0.3) is 0 Å². The fourth-order valence-electron chi connectivity index (χ4n) is 4.67. The predicted molar refractivity (Wildman–Crippen MR) is 172 cm³/mol. The van der Waals surface area contributed by atoms with Crippen LogP contribution >= 0.6 is 0 Å². The maximum absolute atomic E-state index is 14.4. The molecule has 0 heterocycles. The molecule has 0 aliphatic heterocycles. The summed E-state index contributed by atoms with van der Waals surface area (Å²) in [5.74, 6) is -0.966. The zero-order chi connectivity index (χ0) is 31.9. The smallest absolute Gasteiger partial charge is 0.346 e. The highest BCUT2D eigenvalue weighted by atomic mass is 16.3. The molecule has 0 spiro atoms. The van der Waals surface area contributed by atoms with E-state index in [1.54, 1.807) is 43.3 Å². The minimum absolute atomic E-state index is 0.114. The number of benzene rings is 5. The van der Waals surface area contributed by atoms with Gasteiger partial charge in [-0.05, 0) is 66.6 Å². The van der Waals surface area contributed by atoms with E-state index in [1.807, 2.05) is 54.6 Å². The third-order valence-electron chi connectivity index (χ3n) is 6.89. The monoisotopic (exact) mass is 594 g/mol. The Morgan fingerprint density at radius 3 is 1.60 bits per heavy atom. The second-order valence-electron chi connectivity index (χ2n) is 9.84. The van der Waals surface area contributed by atoms with E-state index in [2.05, 4.69) is 10.6 Å². The van der Waals surface area contributed by atoms with Crippen molar-refractivity contribution in [1.29, 1.82) is 10.5 Å². The normalized spacial score (nSPS) is 10.2. The van der Waals surface area contributed by atoms with E-state index in [-0.39, 0.29) is 22.5 Å². The number of nitrogens with zero attached hydrogens (tertiary/aromatic N) is 4. The lowest BCUT2D eigenvalue weighted by Gasteiger charge is -2.35. The van der Waals surface area contributed by atoms with Crippen molar-refractivity contribution in [3.05, 3.63) is 132 Å². The van der Waals surface area contributed by atoms with Crippen molar-refractivity contribution in [3.63, 3.8) is 0 Å². The fraction of sp³-hybridized carbons (Fsp3) is 0.0286. The van der Waals surface area contributed by atoms with Crippen LogP contribution in [0.3, 0.4) is 0 Å². The van der Waals surface area contributed by atoms with E-state index in [0.717, 1.165) is 33.3 Å². The number of nitriles is 2. The lowest BCUT2D eigenvalue weighted by molar-refractivity contribution is 0.248. The molecule has 5 aromatic rings. The van der Waals surface area contributed by atoms with Crippen LogP contribution in [-0.4, -0.2) is 22.3 Å². The van der Waals surface area contributed by atoms with E-state index in [4.69, 9.17) is 0 Å². The molecule has 0 unspecified atom stereocenters. The van der Waals surface area contributed by atoms with Crippen molar-refractivity contribution in [3.8, 4) is 34.8 Å². The molecule has 0 saturated carbocycles.